The number of rotatable bonds is 12. The number of carboxylic acid groups (broad SMARTS) is 1. The standard InChI is InChI=1S/C29H33ClN2O3S/c1-20(29(34)35)6-4-9-27(36-17-16-28(33)32(2)3)23-8-5-7-21(18-23)10-14-25-15-12-22-11-13-24(30)19-26(22)31-25/h5,7-8,10-15,18-20,27H,4,6,9,16-17H2,1-3H3,(H,34,35)/b14-10+/t20-,27-/m1/s1. The Bertz CT molecular complexity index is 1230. The van der Waals surface area contributed by atoms with Gasteiger partial charge in [0.1, 0.15) is 0 Å². The molecule has 0 radical (unpaired) electrons. The minimum Gasteiger partial charge on any atom is -0.481 e. The van der Waals surface area contributed by atoms with Crippen molar-refractivity contribution in [2.45, 2.75) is 37.9 Å². The molecule has 2 atom stereocenters. The summed E-state index contributed by atoms with van der Waals surface area (Å²) in [4.78, 5) is 29.6. The quantitative estimate of drug-likeness (QED) is 0.271. The molecule has 7 heteroatoms. The highest BCUT2D eigenvalue weighted by Crippen LogP contribution is 2.35. The summed E-state index contributed by atoms with van der Waals surface area (Å²) in [6.45, 7) is 1.75. The lowest BCUT2D eigenvalue weighted by atomic mass is 9.99. The predicted molar refractivity (Wildman–Crippen MR) is 151 cm³/mol. The van der Waals surface area contributed by atoms with Crippen LogP contribution in [0.5, 0.6) is 0 Å². The first-order valence-electron chi connectivity index (χ1n) is 12.1. The molecule has 3 rings (SSSR count). The Labute approximate surface area is 222 Å². The van der Waals surface area contributed by atoms with Crippen molar-refractivity contribution in [3.8, 4) is 0 Å². The summed E-state index contributed by atoms with van der Waals surface area (Å²) in [5, 5.41) is 11.1. The molecule has 0 fully saturated rings. The fourth-order valence-electron chi connectivity index (χ4n) is 3.83. The van der Waals surface area contributed by atoms with Crippen LogP contribution in [0.15, 0.2) is 54.6 Å². The smallest absolute Gasteiger partial charge is 0.306 e. The number of hydrogen-bond donors (Lipinski definition) is 1. The molecule has 1 aromatic heterocycles. The van der Waals surface area contributed by atoms with Crippen molar-refractivity contribution < 1.29 is 14.7 Å². The van der Waals surface area contributed by atoms with Crippen LogP contribution in [0.1, 0.15) is 54.7 Å². The molecule has 3 aromatic rings. The van der Waals surface area contributed by atoms with Crippen molar-refractivity contribution in [2.75, 3.05) is 19.8 Å². The van der Waals surface area contributed by atoms with Gasteiger partial charge in [0.2, 0.25) is 5.91 Å². The number of fused-ring (bicyclic) bond motifs is 1. The molecule has 2 aromatic carbocycles. The van der Waals surface area contributed by atoms with Crippen LogP contribution in [0, 0.1) is 5.92 Å². The second-order valence-electron chi connectivity index (χ2n) is 9.14. The van der Waals surface area contributed by atoms with Gasteiger partial charge in [0.15, 0.2) is 0 Å². The van der Waals surface area contributed by atoms with E-state index in [1.54, 1.807) is 37.7 Å². The molecule has 5 nitrogen and oxygen atoms in total. The van der Waals surface area contributed by atoms with Crippen LogP contribution in [-0.2, 0) is 9.59 Å². The van der Waals surface area contributed by atoms with Crippen LogP contribution in [0.3, 0.4) is 0 Å². The number of hydrogen-bond acceptors (Lipinski definition) is 4. The number of aromatic nitrogens is 1. The number of carbonyl (C=O) groups excluding carboxylic acids is 1. The molecule has 0 aliphatic heterocycles. The molecule has 0 bridgehead atoms. The van der Waals surface area contributed by atoms with Gasteiger partial charge in [0, 0.05) is 41.9 Å². The van der Waals surface area contributed by atoms with Crippen LogP contribution in [-0.4, -0.2) is 46.7 Å². The zero-order valence-electron chi connectivity index (χ0n) is 21.0. The Balaban J connectivity index is 1.73. The number of nitrogens with zero attached hydrogens (tertiary/aromatic N) is 2. The number of halogens is 1. The SMILES string of the molecule is C[C@H](CCC[C@@H](SCCC(=O)N(C)C)c1cccc(/C=C/c2ccc3ccc(Cl)cc3n2)c1)C(=O)O. The average molecular weight is 525 g/mol. The van der Waals surface area contributed by atoms with Crippen LogP contribution < -0.4 is 0 Å². The fraction of sp³-hybridized carbons (Fsp3) is 0.345. The average Bonchev–Trinajstić information content (AvgIpc) is 2.86. The molecule has 1 N–H and O–H groups in total. The summed E-state index contributed by atoms with van der Waals surface area (Å²) in [6.07, 6.45) is 6.84. The largest absolute Gasteiger partial charge is 0.481 e. The molecular weight excluding hydrogens is 492 g/mol. The van der Waals surface area contributed by atoms with Gasteiger partial charge in [-0.1, -0.05) is 67.4 Å². The van der Waals surface area contributed by atoms with E-state index in [1.807, 2.05) is 48.6 Å². The van der Waals surface area contributed by atoms with E-state index < -0.39 is 5.97 Å². The number of amides is 1. The van der Waals surface area contributed by atoms with Gasteiger partial charge >= 0.3 is 5.97 Å². The van der Waals surface area contributed by atoms with Crippen molar-refractivity contribution in [3.05, 3.63) is 76.4 Å². The lowest BCUT2D eigenvalue weighted by Crippen LogP contribution is -2.21. The van der Waals surface area contributed by atoms with Gasteiger partial charge in [-0.25, -0.2) is 4.98 Å². The number of carboxylic acids is 1. The minimum absolute atomic E-state index is 0.113. The number of benzene rings is 2. The minimum atomic E-state index is -0.757. The maximum Gasteiger partial charge on any atom is 0.306 e. The summed E-state index contributed by atoms with van der Waals surface area (Å²) in [5.41, 5.74) is 3.96. The summed E-state index contributed by atoms with van der Waals surface area (Å²) in [6, 6.07) is 18.1. The van der Waals surface area contributed by atoms with E-state index >= 15 is 0 Å². The van der Waals surface area contributed by atoms with Gasteiger partial charge in [-0.3, -0.25) is 9.59 Å². The normalized spacial score (nSPS) is 13.1. The maximum absolute atomic E-state index is 12.0. The lowest BCUT2D eigenvalue weighted by Gasteiger charge is -2.19. The number of aliphatic carboxylic acids is 1. The van der Waals surface area contributed by atoms with Crippen LogP contribution in [0.2, 0.25) is 5.02 Å². The molecule has 0 saturated carbocycles. The van der Waals surface area contributed by atoms with E-state index in [-0.39, 0.29) is 17.1 Å². The Morgan fingerprint density at radius 2 is 1.86 bits per heavy atom. The molecule has 190 valence electrons. The van der Waals surface area contributed by atoms with Crippen LogP contribution >= 0.6 is 23.4 Å². The monoisotopic (exact) mass is 524 g/mol. The van der Waals surface area contributed by atoms with E-state index in [0.717, 1.165) is 40.8 Å². The lowest BCUT2D eigenvalue weighted by molar-refractivity contribution is -0.141. The number of thioether (sulfide) groups is 1. The predicted octanol–water partition coefficient (Wildman–Crippen LogP) is 7.20. The maximum atomic E-state index is 12.0. The topological polar surface area (TPSA) is 70.5 Å². The first kappa shape index (κ1) is 27.8. The Morgan fingerprint density at radius 3 is 2.61 bits per heavy atom. The van der Waals surface area contributed by atoms with Crippen molar-refractivity contribution in [1.29, 1.82) is 0 Å². The second-order valence-corrected chi connectivity index (χ2v) is 10.9. The summed E-state index contributed by atoms with van der Waals surface area (Å²) < 4.78 is 0. The number of pyridine rings is 1. The first-order valence-corrected chi connectivity index (χ1v) is 13.5. The van der Waals surface area contributed by atoms with E-state index in [1.165, 1.54) is 5.56 Å². The molecule has 1 amide bonds. The van der Waals surface area contributed by atoms with Crippen molar-refractivity contribution >= 4 is 58.3 Å². The van der Waals surface area contributed by atoms with Gasteiger partial charge in [-0.15, -0.1) is 0 Å². The highest BCUT2D eigenvalue weighted by molar-refractivity contribution is 7.99. The third-order valence-corrected chi connectivity index (χ3v) is 7.65. The molecule has 0 spiro atoms. The molecule has 1 heterocycles. The fourth-order valence-corrected chi connectivity index (χ4v) is 5.25. The van der Waals surface area contributed by atoms with Crippen LogP contribution in [0.4, 0.5) is 0 Å². The molecule has 0 aliphatic rings. The van der Waals surface area contributed by atoms with Gasteiger partial charge in [0.05, 0.1) is 17.1 Å². The molecule has 36 heavy (non-hydrogen) atoms. The first-order chi connectivity index (χ1) is 17.2. The highest BCUT2D eigenvalue weighted by Gasteiger charge is 2.16. The van der Waals surface area contributed by atoms with Crippen LogP contribution in [0.25, 0.3) is 23.1 Å². The van der Waals surface area contributed by atoms with E-state index in [0.29, 0.717) is 17.9 Å². The van der Waals surface area contributed by atoms with E-state index in [4.69, 9.17) is 16.6 Å². The van der Waals surface area contributed by atoms with Gasteiger partial charge in [-0.05, 0) is 48.2 Å². The molecule has 0 saturated heterocycles. The molecule has 0 unspecified atom stereocenters. The molecular formula is C29H33ClN2O3S. The Hall–Kier alpha value is -2.83. The van der Waals surface area contributed by atoms with E-state index in [2.05, 4.69) is 18.2 Å². The zero-order valence-corrected chi connectivity index (χ0v) is 22.6. The summed E-state index contributed by atoms with van der Waals surface area (Å²) in [7, 11) is 3.54. The van der Waals surface area contributed by atoms with Crippen molar-refractivity contribution in [3.63, 3.8) is 0 Å². The summed E-state index contributed by atoms with van der Waals surface area (Å²) >= 11 is 7.88. The summed E-state index contributed by atoms with van der Waals surface area (Å²) in [5.74, 6) is -0.279. The van der Waals surface area contributed by atoms with Crippen molar-refractivity contribution in [2.24, 2.45) is 5.92 Å². The van der Waals surface area contributed by atoms with Gasteiger partial charge in [-0.2, -0.15) is 11.8 Å². The molecule has 0 aliphatic carbocycles. The third-order valence-electron chi connectivity index (χ3n) is 6.06. The number of carbonyl (C=O) groups is 2. The highest BCUT2D eigenvalue weighted by atomic mass is 35.5. The zero-order chi connectivity index (χ0) is 26.1. The van der Waals surface area contributed by atoms with Gasteiger partial charge in [0.25, 0.3) is 0 Å². The third kappa shape index (κ3) is 8.38. The van der Waals surface area contributed by atoms with Gasteiger partial charge < -0.3 is 10.0 Å². The second kappa shape index (κ2) is 13.5. The van der Waals surface area contributed by atoms with E-state index in [9.17, 15) is 14.7 Å². The Morgan fingerprint density at radius 1 is 1.08 bits per heavy atom. The van der Waals surface area contributed by atoms with Crippen molar-refractivity contribution in [1.82, 2.24) is 9.88 Å². The Kier molecular flexibility index (Phi) is 10.4.